The van der Waals surface area contributed by atoms with Gasteiger partial charge < -0.3 is 4.90 Å². The Hall–Kier alpha value is -1.12. The van der Waals surface area contributed by atoms with E-state index in [0.29, 0.717) is 0 Å². The second-order valence-corrected chi connectivity index (χ2v) is 5.58. The number of aryl methyl sites for hydroxylation is 1. The van der Waals surface area contributed by atoms with Gasteiger partial charge in [0.1, 0.15) is 11.1 Å². The zero-order valence-electron chi connectivity index (χ0n) is 12.9. The Labute approximate surface area is 126 Å². The first-order chi connectivity index (χ1) is 9.71. The Balaban J connectivity index is 2.83. The third-order valence-electron chi connectivity index (χ3n) is 3.47. The molecule has 0 unspecified atom stereocenters. The number of nitriles is 1. The number of aromatic nitrogens is 2. The molecule has 0 saturated carbocycles. The Morgan fingerprint density at radius 2 is 1.80 bits per heavy atom. The van der Waals surface area contributed by atoms with Gasteiger partial charge in [0.25, 0.3) is 0 Å². The standard InChI is InChI=1S/C15H24N4S/c1-5-12-13(11-16)15(18-17-14(12)6-2)20-10-9-19(7-3)8-4/h5-10H2,1-4H3. The lowest BCUT2D eigenvalue weighted by atomic mass is 10.1. The van der Waals surface area contributed by atoms with Crippen LogP contribution in [0.2, 0.25) is 0 Å². The van der Waals surface area contributed by atoms with Crippen LogP contribution in [0, 0.1) is 11.3 Å². The van der Waals surface area contributed by atoms with Gasteiger partial charge in [0.05, 0.1) is 11.3 Å². The maximum Gasteiger partial charge on any atom is 0.137 e. The number of nitrogens with zero attached hydrogens (tertiary/aromatic N) is 4. The van der Waals surface area contributed by atoms with Crippen LogP contribution in [0.25, 0.3) is 0 Å². The van der Waals surface area contributed by atoms with Crippen molar-refractivity contribution in [3.05, 3.63) is 16.8 Å². The Kier molecular flexibility index (Phi) is 7.56. The molecule has 0 aliphatic rings. The van der Waals surface area contributed by atoms with Crippen LogP contribution in [-0.4, -0.2) is 40.5 Å². The third-order valence-corrected chi connectivity index (χ3v) is 4.41. The molecule has 110 valence electrons. The normalized spacial score (nSPS) is 10.8. The van der Waals surface area contributed by atoms with E-state index >= 15 is 0 Å². The van der Waals surface area contributed by atoms with Gasteiger partial charge in [0.15, 0.2) is 0 Å². The minimum atomic E-state index is 0.726. The van der Waals surface area contributed by atoms with E-state index in [2.05, 4.69) is 48.9 Å². The quantitative estimate of drug-likeness (QED) is 0.690. The highest BCUT2D eigenvalue weighted by atomic mass is 32.2. The molecular formula is C15H24N4S. The number of rotatable bonds is 8. The molecule has 0 fully saturated rings. The van der Waals surface area contributed by atoms with E-state index in [4.69, 9.17) is 0 Å². The van der Waals surface area contributed by atoms with Crippen molar-refractivity contribution in [1.82, 2.24) is 15.1 Å². The summed E-state index contributed by atoms with van der Waals surface area (Å²) in [6.45, 7) is 11.6. The van der Waals surface area contributed by atoms with Crippen LogP contribution >= 0.6 is 11.8 Å². The van der Waals surface area contributed by atoms with Gasteiger partial charge in [0.2, 0.25) is 0 Å². The first kappa shape index (κ1) is 16.9. The molecule has 0 saturated heterocycles. The predicted molar refractivity (Wildman–Crippen MR) is 84.0 cm³/mol. The first-order valence-electron chi connectivity index (χ1n) is 7.35. The van der Waals surface area contributed by atoms with Crippen molar-refractivity contribution in [3.63, 3.8) is 0 Å². The molecule has 0 radical (unpaired) electrons. The van der Waals surface area contributed by atoms with Crippen molar-refractivity contribution in [2.24, 2.45) is 0 Å². The third kappa shape index (κ3) is 4.19. The van der Waals surface area contributed by atoms with Gasteiger partial charge >= 0.3 is 0 Å². The summed E-state index contributed by atoms with van der Waals surface area (Å²) in [7, 11) is 0. The van der Waals surface area contributed by atoms with E-state index in [1.165, 1.54) is 0 Å². The molecule has 5 heteroatoms. The van der Waals surface area contributed by atoms with E-state index in [0.717, 1.165) is 60.1 Å². The second-order valence-electron chi connectivity index (χ2n) is 4.50. The van der Waals surface area contributed by atoms with Crippen molar-refractivity contribution in [2.75, 3.05) is 25.4 Å². The van der Waals surface area contributed by atoms with E-state index < -0.39 is 0 Å². The summed E-state index contributed by atoms with van der Waals surface area (Å²) < 4.78 is 0. The Morgan fingerprint density at radius 1 is 1.10 bits per heavy atom. The smallest absolute Gasteiger partial charge is 0.137 e. The molecule has 0 aliphatic heterocycles. The molecule has 0 bridgehead atoms. The Morgan fingerprint density at radius 3 is 2.30 bits per heavy atom. The monoisotopic (exact) mass is 292 g/mol. The molecule has 20 heavy (non-hydrogen) atoms. The number of thioether (sulfide) groups is 1. The van der Waals surface area contributed by atoms with E-state index in [1.54, 1.807) is 11.8 Å². The molecule has 0 aliphatic carbocycles. The van der Waals surface area contributed by atoms with Crippen molar-refractivity contribution >= 4 is 11.8 Å². The fourth-order valence-electron chi connectivity index (χ4n) is 2.18. The van der Waals surface area contributed by atoms with Crippen LogP contribution in [0.15, 0.2) is 5.03 Å². The van der Waals surface area contributed by atoms with Crippen LogP contribution in [0.4, 0.5) is 0 Å². The van der Waals surface area contributed by atoms with Gasteiger partial charge in [-0.2, -0.15) is 10.4 Å². The summed E-state index contributed by atoms with van der Waals surface area (Å²) in [5.41, 5.74) is 2.75. The van der Waals surface area contributed by atoms with Crippen molar-refractivity contribution in [2.45, 2.75) is 45.6 Å². The molecule has 0 atom stereocenters. The van der Waals surface area contributed by atoms with Crippen molar-refractivity contribution in [1.29, 1.82) is 5.26 Å². The highest BCUT2D eigenvalue weighted by Crippen LogP contribution is 2.24. The summed E-state index contributed by atoms with van der Waals surface area (Å²) in [5, 5.41) is 18.7. The summed E-state index contributed by atoms with van der Waals surface area (Å²) >= 11 is 1.64. The first-order valence-corrected chi connectivity index (χ1v) is 8.33. The largest absolute Gasteiger partial charge is 0.303 e. The lowest BCUT2D eigenvalue weighted by molar-refractivity contribution is 0.324. The maximum absolute atomic E-state index is 9.41. The lowest BCUT2D eigenvalue weighted by Gasteiger charge is -2.17. The van der Waals surface area contributed by atoms with Crippen LogP contribution in [0.5, 0.6) is 0 Å². The fourth-order valence-corrected chi connectivity index (χ4v) is 3.14. The van der Waals surface area contributed by atoms with Gasteiger partial charge in [-0.05, 0) is 31.5 Å². The van der Waals surface area contributed by atoms with Gasteiger partial charge in [-0.3, -0.25) is 0 Å². The predicted octanol–water partition coefficient (Wildman–Crippen LogP) is 2.91. The summed E-state index contributed by atoms with van der Waals surface area (Å²) in [5.74, 6) is 0.944. The summed E-state index contributed by atoms with van der Waals surface area (Å²) in [6.07, 6.45) is 1.67. The maximum atomic E-state index is 9.41. The molecule has 0 spiro atoms. The summed E-state index contributed by atoms with van der Waals surface area (Å²) in [4.78, 5) is 2.37. The SMILES string of the molecule is CCc1nnc(SCCN(CC)CC)c(C#N)c1CC. The van der Waals surface area contributed by atoms with Crippen LogP contribution in [0.1, 0.15) is 44.5 Å². The zero-order chi connectivity index (χ0) is 15.0. The topological polar surface area (TPSA) is 52.8 Å². The van der Waals surface area contributed by atoms with Crippen LogP contribution in [0.3, 0.4) is 0 Å². The zero-order valence-corrected chi connectivity index (χ0v) is 13.8. The molecular weight excluding hydrogens is 268 g/mol. The molecule has 1 rings (SSSR count). The molecule has 0 N–H and O–H groups in total. The van der Waals surface area contributed by atoms with Gasteiger partial charge in [0, 0.05) is 12.3 Å². The molecule has 4 nitrogen and oxygen atoms in total. The lowest BCUT2D eigenvalue weighted by Crippen LogP contribution is -2.25. The number of hydrogen-bond acceptors (Lipinski definition) is 5. The van der Waals surface area contributed by atoms with E-state index in [9.17, 15) is 5.26 Å². The minimum absolute atomic E-state index is 0.726. The molecule has 1 aromatic rings. The van der Waals surface area contributed by atoms with Crippen molar-refractivity contribution in [3.8, 4) is 6.07 Å². The van der Waals surface area contributed by atoms with Gasteiger partial charge in [-0.15, -0.1) is 16.9 Å². The minimum Gasteiger partial charge on any atom is -0.303 e. The average Bonchev–Trinajstić information content (AvgIpc) is 2.50. The van der Waals surface area contributed by atoms with Gasteiger partial charge in [-0.1, -0.05) is 27.7 Å². The highest BCUT2D eigenvalue weighted by Gasteiger charge is 2.14. The van der Waals surface area contributed by atoms with E-state index in [1.807, 2.05) is 0 Å². The van der Waals surface area contributed by atoms with Gasteiger partial charge in [-0.25, -0.2) is 0 Å². The van der Waals surface area contributed by atoms with Crippen molar-refractivity contribution < 1.29 is 0 Å². The molecule has 1 aromatic heterocycles. The van der Waals surface area contributed by atoms with E-state index in [-0.39, 0.29) is 0 Å². The van der Waals surface area contributed by atoms with Crippen LogP contribution in [-0.2, 0) is 12.8 Å². The molecule has 0 aromatic carbocycles. The average molecular weight is 292 g/mol. The molecule has 1 heterocycles. The second kappa shape index (κ2) is 8.93. The van der Waals surface area contributed by atoms with Crippen LogP contribution < -0.4 is 0 Å². The highest BCUT2D eigenvalue weighted by molar-refractivity contribution is 7.99. The number of hydrogen-bond donors (Lipinski definition) is 0. The summed E-state index contributed by atoms with van der Waals surface area (Å²) in [6, 6.07) is 2.32. The Bertz CT molecular complexity index is 464. The molecule has 0 amide bonds. The fraction of sp³-hybridized carbons (Fsp3) is 0.667.